The van der Waals surface area contributed by atoms with Gasteiger partial charge >= 0.3 is 23.9 Å². The molecule has 0 bridgehead atoms. The standard InChI is InChI=1S/C29H30N2O11S2/c1-15(32)38-14-23-24(39-16(2)33)25(40-17(3)34)26(41-18(4)35)28(42-23)44-29-30-22(13-21-7-6-12-43-21)27(36)31(29)19-8-10-20(37-5)11-9-19/h6-13,23-26,28H,14H2,1-5H3/b22-13-/t23?,24?,25?,26?,28-/m0/s1. The molecule has 3 heterocycles. The molecule has 0 N–H and O–H groups in total. The number of amides is 1. The number of anilines is 1. The van der Waals surface area contributed by atoms with Crippen LogP contribution in [0.25, 0.3) is 6.08 Å². The second-order valence-electron chi connectivity index (χ2n) is 9.46. The fourth-order valence-electron chi connectivity index (χ4n) is 4.43. The zero-order valence-corrected chi connectivity index (χ0v) is 26.0. The van der Waals surface area contributed by atoms with Crippen molar-refractivity contribution >= 4 is 69.8 Å². The van der Waals surface area contributed by atoms with E-state index in [4.69, 9.17) is 28.4 Å². The summed E-state index contributed by atoms with van der Waals surface area (Å²) in [5, 5.41) is 2.02. The number of methoxy groups -OCH3 is 1. The number of carbonyl (C=O) groups excluding carboxylic acids is 5. The van der Waals surface area contributed by atoms with Crippen LogP contribution in [0.1, 0.15) is 32.6 Å². The van der Waals surface area contributed by atoms with Crippen molar-refractivity contribution in [2.24, 2.45) is 4.99 Å². The fourth-order valence-corrected chi connectivity index (χ4v) is 6.28. The van der Waals surface area contributed by atoms with E-state index in [2.05, 4.69) is 4.99 Å². The number of aliphatic imine (C=N–C) groups is 1. The predicted octanol–water partition coefficient (Wildman–Crippen LogP) is 3.32. The number of thioether (sulfide) groups is 1. The first-order valence-electron chi connectivity index (χ1n) is 13.3. The largest absolute Gasteiger partial charge is 0.497 e. The molecule has 5 atom stereocenters. The van der Waals surface area contributed by atoms with E-state index in [9.17, 15) is 24.0 Å². The van der Waals surface area contributed by atoms with Gasteiger partial charge in [-0.25, -0.2) is 4.99 Å². The molecule has 1 aromatic heterocycles. The first-order chi connectivity index (χ1) is 21.0. The molecule has 13 nitrogen and oxygen atoms in total. The SMILES string of the molecule is COc1ccc(N2C(=O)/C(=C/c3cccs3)N=C2S[C@@H]2OC(COC(C)=O)C(OC(C)=O)C(OC(C)=O)C2OC(C)=O)cc1. The van der Waals surface area contributed by atoms with Crippen LogP contribution in [0.3, 0.4) is 0 Å². The lowest BCUT2D eigenvalue weighted by Crippen LogP contribution is -2.61. The van der Waals surface area contributed by atoms with Gasteiger partial charge in [0.15, 0.2) is 28.9 Å². The molecular formula is C29H30N2O11S2. The summed E-state index contributed by atoms with van der Waals surface area (Å²) in [5.41, 5.74) is -0.581. The number of carbonyl (C=O) groups is 5. The average Bonchev–Trinajstić information content (AvgIpc) is 3.58. The van der Waals surface area contributed by atoms with Crippen molar-refractivity contribution in [2.45, 2.75) is 57.5 Å². The number of amidine groups is 1. The molecule has 4 rings (SSSR count). The second kappa shape index (κ2) is 14.5. The Hall–Kier alpha value is -4.21. The van der Waals surface area contributed by atoms with E-state index in [0.717, 1.165) is 37.4 Å². The lowest BCUT2D eigenvalue weighted by molar-refractivity contribution is -0.237. The van der Waals surface area contributed by atoms with E-state index < -0.39 is 59.6 Å². The Morgan fingerprint density at radius 2 is 1.57 bits per heavy atom. The molecule has 0 aliphatic carbocycles. The van der Waals surface area contributed by atoms with Crippen LogP contribution in [0.5, 0.6) is 5.75 Å². The molecule has 15 heteroatoms. The zero-order chi connectivity index (χ0) is 32.0. The van der Waals surface area contributed by atoms with Gasteiger partial charge in [-0.2, -0.15) is 0 Å². The lowest BCUT2D eigenvalue weighted by atomic mass is 9.99. The van der Waals surface area contributed by atoms with Crippen molar-refractivity contribution in [3.8, 4) is 5.75 Å². The van der Waals surface area contributed by atoms with Gasteiger partial charge in [-0.05, 0) is 41.8 Å². The number of nitrogens with zero attached hydrogens (tertiary/aromatic N) is 2. The van der Waals surface area contributed by atoms with Gasteiger partial charge in [-0.3, -0.25) is 28.9 Å². The van der Waals surface area contributed by atoms with Gasteiger partial charge < -0.3 is 28.4 Å². The average molecular weight is 647 g/mol. The number of rotatable bonds is 9. The Bertz CT molecular complexity index is 1460. The molecule has 2 aliphatic rings. The summed E-state index contributed by atoms with van der Waals surface area (Å²) in [5.74, 6) is -2.73. The van der Waals surface area contributed by atoms with E-state index in [1.807, 2.05) is 17.5 Å². The lowest BCUT2D eigenvalue weighted by Gasteiger charge is -2.44. The van der Waals surface area contributed by atoms with E-state index in [1.54, 1.807) is 30.3 Å². The van der Waals surface area contributed by atoms with Crippen LogP contribution >= 0.6 is 23.1 Å². The number of hydrogen-bond donors (Lipinski definition) is 0. The molecule has 0 saturated carbocycles. The topological polar surface area (TPSA) is 156 Å². The van der Waals surface area contributed by atoms with Crippen LogP contribution in [0.4, 0.5) is 5.69 Å². The minimum absolute atomic E-state index is 0.136. The third-order valence-electron chi connectivity index (χ3n) is 6.15. The number of thiophene rings is 1. The Labute approximate surface area is 261 Å². The summed E-state index contributed by atoms with van der Waals surface area (Å²) in [6.45, 7) is 4.24. The molecule has 1 amide bonds. The molecular weight excluding hydrogens is 616 g/mol. The molecule has 44 heavy (non-hydrogen) atoms. The maximum absolute atomic E-state index is 13.7. The smallest absolute Gasteiger partial charge is 0.303 e. The number of ether oxygens (including phenoxy) is 6. The molecule has 234 valence electrons. The Balaban J connectivity index is 1.78. The highest BCUT2D eigenvalue weighted by molar-refractivity contribution is 8.14. The van der Waals surface area contributed by atoms with Crippen LogP contribution in [0, 0.1) is 0 Å². The number of esters is 4. The van der Waals surface area contributed by atoms with Crippen molar-refractivity contribution in [3.63, 3.8) is 0 Å². The second-order valence-corrected chi connectivity index (χ2v) is 11.5. The third-order valence-corrected chi connectivity index (χ3v) is 8.07. The van der Waals surface area contributed by atoms with Crippen molar-refractivity contribution in [2.75, 3.05) is 18.6 Å². The molecule has 4 unspecified atom stereocenters. The van der Waals surface area contributed by atoms with Crippen LogP contribution in [0.15, 0.2) is 52.5 Å². The van der Waals surface area contributed by atoms with Gasteiger partial charge in [-0.1, -0.05) is 17.8 Å². The minimum Gasteiger partial charge on any atom is -0.497 e. The first kappa shape index (κ1) is 32.7. The number of hydrogen-bond acceptors (Lipinski definition) is 14. The first-order valence-corrected chi connectivity index (χ1v) is 15.0. The zero-order valence-electron chi connectivity index (χ0n) is 24.4. The molecule has 1 saturated heterocycles. The van der Waals surface area contributed by atoms with Crippen LogP contribution in [-0.4, -0.2) is 78.5 Å². The van der Waals surface area contributed by atoms with Gasteiger partial charge in [0.2, 0.25) is 0 Å². The maximum Gasteiger partial charge on any atom is 0.303 e. The third kappa shape index (κ3) is 8.03. The monoisotopic (exact) mass is 646 g/mol. The van der Waals surface area contributed by atoms with E-state index >= 15 is 0 Å². The minimum atomic E-state index is -1.36. The van der Waals surface area contributed by atoms with Gasteiger partial charge in [-0.15, -0.1) is 11.3 Å². The summed E-state index contributed by atoms with van der Waals surface area (Å²) in [4.78, 5) is 68.6. The highest BCUT2D eigenvalue weighted by atomic mass is 32.2. The van der Waals surface area contributed by atoms with Crippen molar-refractivity contribution in [1.82, 2.24) is 0 Å². The Morgan fingerprint density at radius 1 is 0.932 bits per heavy atom. The summed E-state index contributed by atoms with van der Waals surface area (Å²) in [7, 11) is 1.52. The van der Waals surface area contributed by atoms with Crippen LogP contribution < -0.4 is 9.64 Å². The normalized spacial score (nSPS) is 24.0. The van der Waals surface area contributed by atoms with Crippen molar-refractivity contribution < 1.29 is 52.4 Å². The molecule has 2 aliphatic heterocycles. The highest BCUT2D eigenvalue weighted by Crippen LogP contribution is 2.39. The van der Waals surface area contributed by atoms with Gasteiger partial charge in [0.25, 0.3) is 5.91 Å². The van der Waals surface area contributed by atoms with Gasteiger partial charge in [0, 0.05) is 32.6 Å². The van der Waals surface area contributed by atoms with E-state index in [-0.39, 0.29) is 17.5 Å². The maximum atomic E-state index is 13.7. The predicted molar refractivity (Wildman–Crippen MR) is 160 cm³/mol. The molecule has 0 spiro atoms. The highest BCUT2D eigenvalue weighted by Gasteiger charge is 2.53. The summed E-state index contributed by atoms with van der Waals surface area (Å²) < 4.78 is 33.2. The summed E-state index contributed by atoms with van der Waals surface area (Å²) >= 11 is 2.34. The van der Waals surface area contributed by atoms with Crippen LogP contribution in [-0.2, 0) is 47.7 Å². The van der Waals surface area contributed by atoms with Crippen molar-refractivity contribution in [1.29, 1.82) is 0 Å². The van der Waals surface area contributed by atoms with E-state index in [0.29, 0.717) is 11.4 Å². The quantitative estimate of drug-likeness (QED) is 0.223. The fraction of sp³-hybridized carbons (Fsp3) is 0.379. The van der Waals surface area contributed by atoms with Crippen LogP contribution in [0.2, 0.25) is 0 Å². The van der Waals surface area contributed by atoms with Gasteiger partial charge in [0.05, 0.1) is 12.8 Å². The van der Waals surface area contributed by atoms with Gasteiger partial charge in [0.1, 0.15) is 24.2 Å². The molecule has 1 aromatic carbocycles. The van der Waals surface area contributed by atoms with Crippen molar-refractivity contribution in [3.05, 3.63) is 52.4 Å². The molecule has 1 fully saturated rings. The van der Waals surface area contributed by atoms with E-state index in [1.165, 1.54) is 30.3 Å². The Kier molecular flexibility index (Phi) is 10.8. The Morgan fingerprint density at radius 3 is 2.14 bits per heavy atom. The molecule has 0 radical (unpaired) electrons. The summed E-state index contributed by atoms with van der Waals surface area (Å²) in [6, 6.07) is 10.4. The number of benzene rings is 1. The summed E-state index contributed by atoms with van der Waals surface area (Å²) in [6.07, 6.45) is -3.51. The molecule has 2 aromatic rings.